The fourth-order valence-corrected chi connectivity index (χ4v) is 3.27. The topological polar surface area (TPSA) is 82.6 Å². The van der Waals surface area contributed by atoms with Gasteiger partial charge in [0.2, 0.25) is 0 Å². The maximum Gasteiger partial charge on any atom is 0.317 e. The molecule has 1 aromatic heterocycles. The van der Waals surface area contributed by atoms with Crippen LogP contribution in [0.5, 0.6) is 5.75 Å². The number of carbonyl (C=O) groups excluding carboxylic acids is 1. The Balaban J connectivity index is 1.63. The van der Waals surface area contributed by atoms with Gasteiger partial charge in [-0.2, -0.15) is 0 Å². The van der Waals surface area contributed by atoms with Crippen molar-refractivity contribution in [3.8, 4) is 5.75 Å². The molecular weight excluding hydrogens is 404 g/mol. The lowest BCUT2D eigenvalue weighted by molar-refractivity contribution is 0.205. The number of fused-ring (bicyclic) bond motifs is 1. The Labute approximate surface area is 189 Å². The molecule has 32 heavy (non-hydrogen) atoms. The number of nitrogens with one attached hydrogen (secondary N) is 2. The van der Waals surface area contributed by atoms with Crippen LogP contribution in [0.3, 0.4) is 0 Å². The van der Waals surface area contributed by atoms with Crippen LogP contribution >= 0.6 is 0 Å². The molecule has 0 saturated carbocycles. The number of anilines is 1. The maximum absolute atomic E-state index is 12.6. The van der Waals surface area contributed by atoms with E-state index in [-0.39, 0.29) is 6.03 Å². The largest absolute Gasteiger partial charge is 0.497 e. The quantitative estimate of drug-likeness (QED) is 0.475. The second-order valence-corrected chi connectivity index (χ2v) is 7.95. The van der Waals surface area contributed by atoms with Gasteiger partial charge in [0.05, 0.1) is 19.2 Å². The summed E-state index contributed by atoms with van der Waals surface area (Å²) < 4.78 is 5.16. The Hall–Kier alpha value is -3.39. The van der Waals surface area contributed by atoms with Crippen molar-refractivity contribution in [3.05, 3.63) is 59.9 Å². The monoisotopic (exact) mass is 436 g/mol. The van der Waals surface area contributed by atoms with Crippen LogP contribution in [0.15, 0.2) is 48.5 Å². The molecule has 8 nitrogen and oxygen atoms in total. The predicted molar refractivity (Wildman–Crippen MR) is 128 cm³/mol. The molecule has 8 heteroatoms. The van der Waals surface area contributed by atoms with Crippen LogP contribution in [0.25, 0.3) is 10.9 Å². The first kappa shape index (κ1) is 23.3. The average molecular weight is 437 g/mol. The number of nitrogens with zero attached hydrogens (tertiary/aromatic N) is 4. The third-order valence-electron chi connectivity index (χ3n) is 5.05. The van der Waals surface area contributed by atoms with Gasteiger partial charge in [0.25, 0.3) is 0 Å². The summed E-state index contributed by atoms with van der Waals surface area (Å²) in [5, 5.41) is 7.35. The lowest BCUT2D eigenvalue weighted by Gasteiger charge is -2.18. The van der Waals surface area contributed by atoms with Crippen LogP contribution in [-0.2, 0) is 13.1 Å². The predicted octanol–water partition coefficient (Wildman–Crippen LogP) is 3.34. The van der Waals surface area contributed by atoms with Gasteiger partial charge < -0.3 is 25.2 Å². The first-order valence-electron chi connectivity index (χ1n) is 10.7. The molecule has 3 rings (SSSR count). The summed E-state index contributed by atoms with van der Waals surface area (Å²) in [6.07, 6.45) is 1.01. The van der Waals surface area contributed by atoms with E-state index in [0.29, 0.717) is 18.9 Å². The molecule has 2 aromatic carbocycles. The lowest BCUT2D eigenvalue weighted by Crippen LogP contribution is -2.36. The molecule has 0 atom stereocenters. The molecule has 0 aliphatic rings. The fourth-order valence-electron chi connectivity index (χ4n) is 3.27. The number of para-hydroxylation sites is 1. The van der Waals surface area contributed by atoms with Crippen molar-refractivity contribution in [2.75, 3.05) is 46.7 Å². The highest BCUT2D eigenvalue weighted by molar-refractivity contribution is 5.89. The molecule has 0 saturated heterocycles. The van der Waals surface area contributed by atoms with Crippen LogP contribution in [0.4, 0.5) is 10.6 Å². The third kappa shape index (κ3) is 6.55. The minimum atomic E-state index is -0.182. The summed E-state index contributed by atoms with van der Waals surface area (Å²) in [5.41, 5.74) is 1.86. The van der Waals surface area contributed by atoms with Gasteiger partial charge in [-0.3, -0.25) is 0 Å². The van der Waals surface area contributed by atoms with E-state index in [1.165, 1.54) is 0 Å². The van der Waals surface area contributed by atoms with E-state index >= 15 is 0 Å². The van der Waals surface area contributed by atoms with Gasteiger partial charge in [0.1, 0.15) is 11.6 Å². The third-order valence-corrected chi connectivity index (χ3v) is 5.05. The van der Waals surface area contributed by atoms with Crippen LogP contribution in [0, 0.1) is 0 Å². The normalized spacial score (nSPS) is 10.9. The minimum absolute atomic E-state index is 0.182. The summed E-state index contributed by atoms with van der Waals surface area (Å²) in [6.45, 7) is 2.56. The van der Waals surface area contributed by atoms with Gasteiger partial charge >= 0.3 is 6.03 Å². The zero-order valence-electron chi connectivity index (χ0n) is 19.3. The molecule has 2 amide bonds. The first-order valence-corrected chi connectivity index (χ1v) is 10.7. The van der Waals surface area contributed by atoms with E-state index in [0.717, 1.165) is 47.5 Å². The van der Waals surface area contributed by atoms with Gasteiger partial charge in [0, 0.05) is 25.5 Å². The van der Waals surface area contributed by atoms with E-state index in [4.69, 9.17) is 9.72 Å². The fraction of sp³-hybridized carbons (Fsp3) is 0.375. The lowest BCUT2D eigenvalue weighted by atomic mass is 10.2. The number of methoxy groups -OCH3 is 1. The van der Waals surface area contributed by atoms with Crippen LogP contribution < -0.4 is 15.4 Å². The number of hydrogen-bond acceptors (Lipinski definition) is 6. The summed E-state index contributed by atoms with van der Waals surface area (Å²) in [7, 11) is 7.50. The highest BCUT2D eigenvalue weighted by Crippen LogP contribution is 2.20. The van der Waals surface area contributed by atoms with E-state index in [9.17, 15) is 4.79 Å². The van der Waals surface area contributed by atoms with Crippen LogP contribution in [-0.4, -0.2) is 67.1 Å². The number of amides is 2. The highest BCUT2D eigenvalue weighted by atomic mass is 16.5. The zero-order valence-corrected chi connectivity index (χ0v) is 19.3. The summed E-state index contributed by atoms with van der Waals surface area (Å²) >= 11 is 0. The Morgan fingerprint density at radius 3 is 2.50 bits per heavy atom. The number of aromatic nitrogens is 2. The van der Waals surface area contributed by atoms with E-state index < -0.39 is 0 Å². The smallest absolute Gasteiger partial charge is 0.317 e. The first-order chi connectivity index (χ1) is 15.5. The Morgan fingerprint density at radius 1 is 1.03 bits per heavy atom. The van der Waals surface area contributed by atoms with Gasteiger partial charge in [-0.1, -0.05) is 24.3 Å². The molecule has 1 heterocycles. The molecule has 3 aromatic rings. The van der Waals surface area contributed by atoms with E-state index in [2.05, 4.69) is 34.6 Å². The van der Waals surface area contributed by atoms with Crippen molar-refractivity contribution in [1.29, 1.82) is 0 Å². The minimum Gasteiger partial charge on any atom is -0.497 e. The highest BCUT2D eigenvalue weighted by Gasteiger charge is 2.13. The molecule has 2 N–H and O–H groups in total. The number of benzene rings is 2. The molecule has 170 valence electrons. The Morgan fingerprint density at radius 2 is 1.78 bits per heavy atom. The summed E-state index contributed by atoms with van der Waals surface area (Å²) in [6, 6.07) is 15.4. The average Bonchev–Trinajstić information content (AvgIpc) is 2.80. The molecule has 0 radical (unpaired) electrons. The van der Waals surface area contributed by atoms with Gasteiger partial charge in [-0.15, -0.1) is 0 Å². The van der Waals surface area contributed by atoms with Crippen molar-refractivity contribution in [2.45, 2.75) is 19.5 Å². The van der Waals surface area contributed by atoms with Gasteiger partial charge in [0.15, 0.2) is 5.82 Å². The van der Waals surface area contributed by atoms with Gasteiger partial charge in [-0.25, -0.2) is 14.8 Å². The standard InChI is InChI=1S/C24H32N6O2/c1-29(2)15-7-14-25-23-20-8-5-6-9-21(20)27-22(28-23)17-30(3)24(31)26-16-18-10-12-19(32-4)13-11-18/h5-6,8-13H,7,14-17H2,1-4H3,(H,26,31)(H,25,27,28). The zero-order chi connectivity index (χ0) is 22.9. The van der Waals surface area contributed by atoms with Gasteiger partial charge in [-0.05, 0) is 56.9 Å². The number of rotatable bonds is 10. The van der Waals surface area contributed by atoms with Crippen LogP contribution in [0.1, 0.15) is 17.8 Å². The number of urea groups is 1. The van der Waals surface area contributed by atoms with Crippen molar-refractivity contribution in [3.63, 3.8) is 0 Å². The van der Waals surface area contributed by atoms with E-state index in [1.807, 2.05) is 48.5 Å². The second kappa shape index (κ2) is 11.3. The number of ether oxygens (including phenoxy) is 1. The van der Waals surface area contributed by atoms with Crippen molar-refractivity contribution >= 4 is 22.8 Å². The van der Waals surface area contributed by atoms with Crippen LogP contribution in [0.2, 0.25) is 0 Å². The SMILES string of the molecule is COc1ccc(CNC(=O)N(C)Cc2nc(NCCCN(C)C)c3ccccc3n2)cc1. The van der Waals surface area contributed by atoms with E-state index in [1.54, 1.807) is 19.1 Å². The number of carbonyl (C=O) groups is 1. The summed E-state index contributed by atoms with van der Waals surface area (Å²) in [5.74, 6) is 2.19. The number of hydrogen-bond donors (Lipinski definition) is 2. The molecule has 0 spiro atoms. The summed E-state index contributed by atoms with van der Waals surface area (Å²) in [4.78, 5) is 25.7. The second-order valence-electron chi connectivity index (χ2n) is 7.95. The molecule has 0 fully saturated rings. The van der Waals surface area contributed by atoms with Crippen molar-refractivity contribution in [2.24, 2.45) is 0 Å². The maximum atomic E-state index is 12.6. The van der Waals surface area contributed by atoms with Crippen molar-refractivity contribution in [1.82, 2.24) is 25.1 Å². The Kier molecular flexibility index (Phi) is 8.21. The molecule has 0 aliphatic carbocycles. The molecule has 0 unspecified atom stereocenters. The molecule has 0 aliphatic heterocycles. The Bertz CT molecular complexity index is 1020. The molecular formula is C24H32N6O2. The molecule has 0 bridgehead atoms. The van der Waals surface area contributed by atoms with Crippen molar-refractivity contribution < 1.29 is 9.53 Å².